The second-order valence-corrected chi connectivity index (χ2v) is 8.26. The van der Waals surface area contributed by atoms with Crippen LogP contribution in [0.15, 0.2) is 65.5 Å². The maximum absolute atomic E-state index is 4.41. The van der Waals surface area contributed by atoms with Crippen molar-refractivity contribution in [2.45, 2.75) is 32.0 Å². The van der Waals surface area contributed by atoms with Gasteiger partial charge < -0.3 is 20.1 Å². The Balaban J connectivity index is 0.00000256. The molecule has 0 aliphatic carbocycles. The smallest absolute Gasteiger partial charge is 0.191 e. The average molecular weight is 536 g/mol. The lowest BCUT2D eigenvalue weighted by Gasteiger charge is -2.33. The molecule has 2 aromatic heterocycles. The van der Waals surface area contributed by atoms with Crippen LogP contribution in [-0.4, -0.2) is 41.7 Å². The summed E-state index contributed by atoms with van der Waals surface area (Å²) < 4.78 is 2.07. The van der Waals surface area contributed by atoms with Gasteiger partial charge in [-0.05, 0) is 41.5 Å². The molecule has 4 rings (SSSR count). The minimum Gasteiger partial charge on any atom is -0.363 e. The molecule has 160 valence electrons. The monoisotopic (exact) mass is 536 g/mol. The fourth-order valence-electron chi connectivity index (χ4n) is 3.62. The van der Waals surface area contributed by atoms with Gasteiger partial charge in [0.05, 0.1) is 11.3 Å². The van der Waals surface area contributed by atoms with E-state index in [-0.39, 0.29) is 24.0 Å². The number of hydrogen-bond acceptors (Lipinski definition) is 4. The highest BCUT2D eigenvalue weighted by Crippen LogP contribution is 2.24. The number of rotatable bonds is 6. The predicted molar refractivity (Wildman–Crippen MR) is 136 cm³/mol. The fourth-order valence-corrected chi connectivity index (χ4v) is 4.41. The summed E-state index contributed by atoms with van der Waals surface area (Å²) in [5.74, 6) is 0.877. The van der Waals surface area contributed by atoms with Crippen molar-refractivity contribution in [1.82, 2.24) is 20.2 Å². The first-order valence-electron chi connectivity index (χ1n) is 10.1. The minimum atomic E-state index is 0. The number of aliphatic imine (C=N–C) groups is 1. The van der Waals surface area contributed by atoms with Crippen LogP contribution in [0.5, 0.6) is 0 Å². The first kappa shape index (κ1) is 22.6. The molecular formula is C22H29IN6S. The van der Waals surface area contributed by atoms with Gasteiger partial charge in [-0.15, -0.1) is 35.3 Å². The van der Waals surface area contributed by atoms with Gasteiger partial charge in [0.1, 0.15) is 0 Å². The molecule has 0 amide bonds. The summed E-state index contributed by atoms with van der Waals surface area (Å²) >= 11 is 1.82. The average Bonchev–Trinajstić information content (AvgIpc) is 3.47. The van der Waals surface area contributed by atoms with Crippen LogP contribution in [-0.2, 0) is 13.1 Å². The van der Waals surface area contributed by atoms with E-state index in [1.54, 1.807) is 0 Å². The van der Waals surface area contributed by atoms with Crippen LogP contribution in [0.1, 0.15) is 24.0 Å². The summed E-state index contributed by atoms with van der Waals surface area (Å²) in [6.45, 7) is 3.79. The van der Waals surface area contributed by atoms with Gasteiger partial charge in [0.15, 0.2) is 5.96 Å². The van der Waals surface area contributed by atoms with E-state index in [4.69, 9.17) is 0 Å². The Morgan fingerprint density at radius 3 is 2.57 bits per heavy atom. The van der Waals surface area contributed by atoms with Crippen molar-refractivity contribution in [1.29, 1.82) is 0 Å². The molecule has 0 radical (unpaired) electrons. The maximum atomic E-state index is 4.41. The number of imidazole rings is 1. The number of nitrogens with zero attached hydrogens (tertiary/aromatic N) is 4. The standard InChI is InChI=1S/C22H28N6S.HI/c1-23-22(26-20-8-11-28(12-9-20)21-3-2-14-29-21)25-15-18-4-6-19(7-5-18)16-27-13-10-24-17-27;/h2-7,10,13-14,17,20H,8-9,11-12,15-16H2,1H3,(H2,23,25,26);1H. The van der Waals surface area contributed by atoms with Gasteiger partial charge in [0, 0.05) is 51.7 Å². The Labute approximate surface area is 199 Å². The molecule has 1 fully saturated rings. The van der Waals surface area contributed by atoms with Crippen molar-refractivity contribution in [3.63, 3.8) is 0 Å². The zero-order valence-corrected chi connectivity index (χ0v) is 20.3. The van der Waals surface area contributed by atoms with Crippen molar-refractivity contribution in [3.8, 4) is 0 Å². The number of aromatic nitrogens is 2. The Morgan fingerprint density at radius 2 is 1.93 bits per heavy atom. The van der Waals surface area contributed by atoms with Crippen LogP contribution < -0.4 is 15.5 Å². The van der Waals surface area contributed by atoms with E-state index in [1.165, 1.54) is 16.1 Å². The van der Waals surface area contributed by atoms with E-state index in [0.29, 0.717) is 6.04 Å². The molecular weight excluding hydrogens is 507 g/mol. The van der Waals surface area contributed by atoms with Gasteiger partial charge in [-0.2, -0.15) is 0 Å². The normalized spacial score (nSPS) is 15.0. The third kappa shape index (κ3) is 6.21. The number of hydrogen-bond donors (Lipinski definition) is 2. The molecule has 6 nitrogen and oxygen atoms in total. The number of piperidine rings is 1. The molecule has 0 saturated carbocycles. The van der Waals surface area contributed by atoms with Crippen LogP contribution >= 0.6 is 35.3 Å². The third-order valence-corrected chi connectivity index (χ3v) is 6.21. The summed E-state index contributed by atoms with van der Waals surface area (Å²) in [7, 11) is 1.84. The number of halogens is 1. The molecule has 8 heteroatoms. The van der Waals surface area contributed by atoms with Gasteiger partial charge in [0.25, 0.3) is 0 Å². The van der Waals surface area contributed by atoms with E-state index < -0.39 is 0 Å². The van der Waals surface area contributed by atoms with Crippen molar-refractivity contribution in [3.05, 3.63) is 71.6 Å². The molecule has 1 saturated heterocycles. The first-order chi connectivity index (χ1) is 14.3. The van der Waals surface area contributed by atoms with Crippen molar-refractivity contribution in [2.24, 2.45) is 4.99 Å². The van der Waals surface area contributed by atoms with Gasteiger partial charge in [-0.3, -0.25) is 4.99 Å². The van der Waals surface area contributed by atoms with E-state index in [9.17, 15) is 0 Å². The van der Waals surface area contributed by atoms with Crippen LogP contribution in [0.4, 0.5) is 5.00 Å². The number of benzene rings is 1. The lowest BCUT2D eigenvalue weighted by atomic mass is 10.1. The zero-order chi connectivity index (χ0) is 19.9. The fraction of sp³-hybridized carbons (Fsp3) is 0.364. The van der Waals surface area contributed by atoms with Crippen molar-refractivity contribution >= 4 is 46.3 Å². The Hall–Kier alpha value is -2.07. The van der Waals surface area contributed by atoms with Gasteiger partial charge in [0.2, 0.25) is 0 Å². The lowest BCUT2D eigenvalue weighted by Crippen LogP contribution is -2.48. The summed E-state index contributed by atoms with van der Waals surface area (Å²) in [6, 6.07) is 13.5. The van der Waals surface area contributed by atoms with Crippen LogP contribution in [0, 0.1) is 0 Å². The molecule has 1 aliphatic rings. The van der Waals surface area contributed by atoms with E-state index in [2.05, 4.69) is 71.9 Å². The van der Waals surface area contributed by atoms with E-state index in [0.717, 1.165) is 45.0 Å². The quantitative estimate of drug-likeness (QED) is 0.285. The minimum absolute atomic E-state index is 0. The van der Waals surface area contributed by atoms with E-state index >= 15 is 0 Å². The van der Waals surface area contributed by atoms with Gasteiger partial charge in [-0.1, -0.05) is 24.3 Å². The summed E-state index contributed by atoms with van der Waals surface area (Å²) in [4.78, 5) is 11.0. The largest absolute Gasteiger partial charge is 0.363 e. The highest BCUT2D eigenvalue weighted by atomic mass is 127. The van der Waals surface area contributed by atoms with E-state index in [1.807, 2.05) is 37.1 Å². The molecule has 3 aromatic rings. The molecule has 3 heterocycles. The molecule has 0 atom stereocenters. The van der Waals surface area contributed by atoms with Crippen molar-refractivity contribution < 1.29 is 0 Å². The van der Waals surface area contributed by atoms with Crippen LogP contribution in [0.2, 0.25) is 0 Å². The second kappa shape index (κ2) is 11.4. The molecule has 0 spiro atoms. The van der Waals surface area contributed by atoms with Gasteiger partial charge >= 0.3 is 0 Å². The van der Waals surface area contributed by atoms with Crippen LogP contribution in [0.25, 0.3) is 0 Å². The Bertz CT molecular complexity index is 884. The zero-order valence-electron chi connectivity index (χ0n) is 17.2. The SMILES string of the molecule is CN=C(NCc1ccc(Cn2ccnc2)cc1)NC1CCN(c2cccs2)CC1.I. The summed E-state index contributed by atoms with van der Waals surface area (Å²) in [6.07, 6.45) is 7.89. The Kier molecular flexibility index (Phi) is 8.56. The lowest BCUT2D eigenvalue weighted by molar-refractivity contribution is 0.463. The summed E-state index contributed by atoms with van der Waals surface area (Å²) in [5.41, 5.74) is 2.52. The molecule has 1 aliphatic heterocycles. The number of nitrogens with one attached hydrogen (secondary N) is 2. The highest BCUT2D eigenvalue weighted by Gasteiger charge is 2.20. The first-order valence-corrected chi connectivity index (χ1v) is 11.0. The number of thiophene rings is 1. The molecule has 1 aromatic carbocycles. The Morgan fingerprint density at radius 1 is 1.17 bits per heavy atom. The molecule has 30 heavy (non-hydrogen) atoms. The molecule has 0 unspecified atom stereocenters. The van der Waals surface area contributed by atoms with Crippen molar-refractivity contribution in [2.75, 3.05) is 25.0 Å². The molecule has 2 N–H and O–H groups in total. The summed E-state index contributed by atoms with van der Waals surface area (Å²) in [5, 5.41) is 10.6. The third-order valence-electron chi connectivity index (χ3n) is 5.28. The number of anilines is 1. The van der Waals surface area contributed by atoms with Gasteiger partial charge in [-0.25, -0.2) is 4.98 Å². The highest BCUT2D eigenvalue weighted by molar-refractivity contribution is 14.0. The maximum Gasteiger partial charge on any atom is 0.191 e. The topological polar surface area (TPSA) is 57.5 Å². The second-order valence-electron chi connectivity index (χ2n) is 7.33. The molecule has 0 bridgehead atoms. The predicted octanol–water partition coefficient (Wildman–Crippen LogP) is 3.94. The van der Waals surface area contributed by atoms with Crippen LogP contribution in [0.3, 0.4) is 0 Å². The number of guanidine groups is 1.